The molecule has 0 aromatic heterocycles. The highest BCUT2D eigenvalue weighted by Crippen LogP contribution is 2.76. The molecule has 8 aliphatic rings. The van der Waals surface area contributed by atoms with Gasteiger partial charge in [0.25, 0.3) is 0 Å². The van der Waals surface area contributed by atoms with Gasteiger partial charge >= 0.3 is 17.9 Å². The van der Waals surface area contributed by atoms with Gasteiger partial charge in [-0.1, -0.05) is 73.1 Å². The van der Waals surface area contributed by atoms with Crippen LogP contribution >= 0.6 is 0 Å². The summed E-state index contributed by atoms with van der Waals surface area (Å²) in [6.07, 6.45) is -22.9. The monoisotopic (exact) mass is 1140 g/mol. The number of aliphatic hydroxyl groups excluding tert-OH is 11. The third-order valence-corrected chi connectivity index (χ3v) is 21.7. The minimum atomic E-state index is -2.15. The number of carbonyl (C=O) groups is 3. The predicted molar refractivity (Wildman–Crippen MR) is 277 cm³/mol. The number of aliphatic hydroxyl groups is 11. The standard InChI is InChI=1S/C57H90O23/c1-11-25(3)47(71)79-44-45(80-48(72)26(4)12-2)57(24-61)28(19-52(44,5)6)27-13-14-32-53(7)17-16-34(54(8,23-60)31(53)15-18-55(32,9)56(27,10)20-33(57)62)75-51-43(78-50-39(67)37(65)35(63)29(21-58)73-50)41(40(68)42(77-51)46(69)70)76-49-38(66)36(64)30(22-59)74-49/h11,13,26,28-45,49-51,58-68H,12,14-24H2,1-10H3,(H,69,70)/b25-11-/t26-,28+,29-,30+,31-,32-,33-,34+,35-,36+,37+,38-,39-,40+,41+,42+,43-,44+,45+,49+,50+,51-,53+,54-,55-,56-,57+/m1/s1. The summed E-state index contributed by atoms with van der Waals surface area (Å²) >= 11 is 0. The molecule has 5 aliphatic carbocycles. The number of allylic oxidation sites excluding steroid dienone is 3. The number of carboxylic acids is 1. The summed E-state index contributed by atoms with van der Waals surface area (Å²) in [5.74, 6) is -4.20. The second kappa shape index (κ2) is 23.2. The van der Waals surface area contributed by atoms with E-state index in [4.69, 9.17) is 37.9 Å². The largest absolute Gasteiger partial charge is 0.479 e. The third kappa shape index (κ3) is 10.0. The van der Waals surface area contributed by atoms with Crippen LogP contribution in [0.2, 0.25) is 0 Å². The minimum absolute atomic E-state index is 0.0789. The summed E-state index contributed by atoms with van der Waals surface area (Å²) in [6.45, 7) is 16.8. The molecule has 0 spiro atoms. The second-order valence-electron chi connectivity index (χ2n) is 26.2. The van der Waals surface area contributed by atoms with Crippen molar-refractivity contribution in [2.75, 3.05) is 26.4 Å². The maximum atomic E-state index is 13.9. The van der Waals surface area contributed by atoms with Crippen molar-refractivity contribution in [3.05, 3.63) is 23.3 Å². The van der Waals surface area contributed by atoms with Crippen LogP contribution in [0.5, 0.6) is 0 Å². The van der Waals surface area contributed by atoms with Gasteiger partial charge in [0.2, 0.25) is 0 Å². The highest BCUT2D eigenvalue weighted by molar-refractivity contribution is 5.87. The Hall–Kier alpha value is -2.79. The first-order chi connectivity index (χ1) is 37.5. The molecule has 80 heavy (non-hydrogen) atoms. The van der Waals surface area contributed by atoms with Gasteiger partial charge in [-0.15, -0.1) is 0 Å². The molecule has 0 amide bonds. The summed E-state index contributed by atoms with van der Waals surface area (Å²) in [6, 6.07) is 0. The number of fused-ring (bicyclic) bond motifs is 7. The Morgan fingerprint density at radius 2 is 1.31 bits per heavy atom. The lowest BCUT2D eigenvalue weighted by molar-refractivity contribution is -0.387. The van der Waals surface area contributed by atoms with E-state index in [1.807, 2.05) is 27.7 Å². The number of ether oxygens (including phenoxy) is 8. The molecule has 3 aliphatic heterocycles. The predicted octanol–water partition coefficient (Wildman–Crippen LogP) is 0.344. The first kappa shape index (κ1) is 63.2. The molecule has 0 aromatic carbocycles. The molecular weight excluding hydrogens is 1050 g/mol. The number of aliphatic carboxylic acids is 1. The lowest BCUT2D eigenvalue weighted by Gasteiger charge is -2.72. The van der Waals surface area contributed by atoms with Crippen molar-refractivity contribution in [2.24, 2.45) is 56.2 Å². The van der Waals surface area contributed by atoms with E-state index in [2.05, 4.69) is 26.8 Å². The fourth-order valence-electron chi connectivity index (χ4n) is 16.3. The molecule has 27 atom stereocenters. The number of esters is 2. The topological polar surface area (TPSA) is 368 Å². The zero-order valence-electron chi connectivity index (χ0n) is 47.7. The molecule has 0 bridgehead atoms. The van der Waals surface area contributed by atoms with Gasteiger partial charge in [0.1, 0.15) is 73.2 Å². The lowest BCUT2D eigenvalue weighted by Crippen LogP contribution is -2.72. The zero-order valence-corrected chi connectivity index (χ0v) is 47.7. The molecule has 3 saturated heterocycles. The first-order valence-corrected chi connectivity index (χ1v) is 28.6. The van der Waals surface area contributed by atoms with Crippen molar-refractivity contribution in [1.29, 1.82) is 0 Å². The fraction of sp³-hybridized carbons (Fsp3) is 0.877. The van der Waals surface area contributed by atoms with Crippen LogP contribution in [-0.2, 0) is 52.3 Å². The van der Waals surface area contributed by atoms with Crippen molar-refractivity contribution in [3.63, 3.8) is 0 Å². The zero-order chi connectivity index (χ0) is 59.1. The molecule has 3 heterocycles. The van der Waals surface area contributed by atoms with Gasteiger partial charge < -0.3 is 99.2 Å². The molecule has 0 radical (unpaired) electrons. The summed E-state index contributed by atoms with van der Waals surface area (Å²) in [7, 11) is 0. The Kier molecular flexibility index (Phi) is 18.4. The van der Waals surface area contributed by atoms with Crippen molar-refractivity contribution < 1.29 is 114 Å². The molecule has 0 aromatic rings. The highest BCUT2D eigenvalue weighted by atomic mass is 16.8. The molecule has 23 nitrogen and oxygen atoms in total. The number of carboxylic acid groups (broad SMARTS) is 1. The normalized spacial score (nSPS) is 49.5. The Balaban J connectivity index is 1.14. The molecule has 12 N–H and O–H groups in total. The van der Waals surface area contributed by atoms with Gasteiger partial charge in [0.05, 0.1) is 50.0 Å². The maximum absolute atomic E-state index is 13.9. The van der Waals surface area contributed by atoms with E-state index in [1.165, 1.54) is 0 Å². The molecule has 8 rings (SSSR count). The highest BCUT2D eigenvalue weighted by Gasteiger charge is 2.74. The van der Waals surface area contributed by atoms with Gasteiger partial charge in [-0.2, -0.15) is 0 Å². The molecule has 7 fully saturated rings. The Morgan fingerprint density at radius 1 is 0.713 bits per heavy atom. The van der Waals surface area contributed by atoms with Crippen molar-refractivity contribution >= 4 is 17.9 Å². The van der Waals surface area contributed by atoms with Gasteiger partial charge in [-0.3, -0.25) is 4.79 Å². The summed E-state index contributed by atoms with van der Waals surface area (Å²) < 4.78 is 49.1. The number of carbonyl (C=O) groups excluding carboxylic acids is 2. The fourth-order valence-corrected chi connectivity index (χ4v) is 16.3. The van der Waals surface area contributed by atoms with Crippen molar-refractivity contribution in [2.45, 2.75) is 231 Å². The van der Waals surface area contributed by atoms with Gasteiger partial charge in [0, 0.05) is 16.4 Å². The molecule has 4 saturated carbocycles. The van der Waals surface area contributed by atoms with Gasteiger partial charge in [-0.05, 0) is 99.2 Å². The van der Waals surface area contributed by atoms with E-state index in [1.54, 1.807) is 26.8 Å². The maximum Gasteiger partial charge on any atom is 0.335 e. The number of rotatable bonds is 16. The molecule has 23 heteroatoms. The number of hydrogen-bond donors (Lipinski definition) is 12. The average molecular weight is 1140 g/mol. The summed E-state index contributed by atoms with van der Waals surface area (Å²) in [4.78, 5) is 40.4. The van der Waals surface area contributed by atoms with Crippen molar-refractivity contribution in [3.8, 4) is 0 Å². The Morgan fingerprint density at radius 3 is 1.88 bits per heavy atom. The van der Waals surface area contributed by atoms with Crippen molar-refractivity contribution in [1.82, 2.24) is 0 Å². The van der Waals surface area contributed by atoms with E-state index >= 15 is 0 Å². The van der Waals surface area contributed by atoms with Gasteiger partial charge in [-0.25, -0.2) is 9.59 Å². The van der Waals surface area contributed by atoms with E-state index in [0.29, 0.717) is 44.1 Å². The average Bonchev–Trinajstić information content (AvgIpc) is 3.83. The van der Waals surface area contributed by atoms with E-state index in [9.17, 15) is 75.7 Å². The van der Waals surface area contributed by atoms with Crippen LogP contribution in [0, 0.1) is 56.2 Å². The molecular formula is C57H90O23. The Bertz CT molecular complexity index is 2310. The van der Waals surface area contributed by atoms with Crippen LogP contribution in [0.4, 0.5) is 0 Å². The number of hydrogen-bond acceptors (Lipinski definition) is 22. The Labute approximate surface area is 467 Å². The van der Waals surface area contributed by atoms with Crippen LogP contribution in [0.15, 0.2) is 23.3 Å². The van der Waals surface area contributed by atoms with Crippen LogP contribution in [0.25, 0.3) is 0 Å². The van der Waals surface area contributed by atoms with Crippen LogP contribution < -0.4 is 0 Å². The lowest BCUT2D eigenvalue weighted by atomic mass is 9.33. The van der Waals surface area contributed by atoms with E-state index < -0.39 is 199 Å². The SMILES string of the molecule is C/C=C(/C)C(=O)O[C@H]1[C@H](OC(=O)[C@H](C)CC)[C@]2(CO)[C@H](O)C[C@]3(C)C(=CC[C@@H]4[C@@]5(C)CC[C@H](O[C@@H]6O[C@H](C(=O)O)[C@@H](O)[C@H](O[C@@H]7O[C@@H](CO)[C@H](O)[C@H]7O)[C@H]6O[C@@H]6O[C@H](CO)[C@@H](O)[C@H](O)[C@H]6O)[C@](C)(CO)[C@@H]5CC[C@]43C)[C@@H]2CC1(C)C. The summed E-state index contributed by atoms with van der Waals surface area (Å²) in [5.41, 5.74) is -3.75. The van der Waals surface area contributed by atoms with Gasteiger partial charge in [0.15, 0.2) is 25.0 Å². The molecule has 0 unspecified atom stereocenters. The smallest absolute Gasteiger partial charge is 0.335 e. The van der Waals surface area contributed by atoms with Crippen LogP contribution in [0.1, 0.15) is 121 Å². The van der Waals surface area contributed by atoms with Crippen LogP contribution in [0.3, 0.4) is 0 Å². The molecule has 456 valence electrons. The van der Waals surface area contributed by atoms with E-state index in [-0.39, 0.29) is 24.7 Å². The van der Waals surface area contributed by atoms with Crippen LogP contribution in [-0.4, -0.2) is 216 Å². The third-order valence-electron chi connectivity index (χ3n) is 21.7. The minimum Gasteiger partial charge on any atom is -0.479 e. The summed E-state index contributed by atoms with van der Waals surface area (Å²) in [5, 5.41) is 133. The second-order valence-corrected chi connectivity index (χ2v) is 26.2. The first-order valence-electron chi connectivity index (χ1n) is 28.6. The van der Waals surface area contributed by atoms with E-state index in [0.717, 1.165) is 5.57 Å². The quantitative estimate of drug-likeness (QED) is 0.0429.